The van der Waals surface area contributed by atoms with Crippen molar-refractivity contribution in [2.75, 3.05) is 11.4 Å². The standard InChI is InChI=1S/C28H33N3O3S/c1-6-28(4,5)30-27(34)25(21-13-9-19(2)10-14-21)31(22-15-11-20(3)12-16-22)24(32)18-29-26(33)23-8-7-17-35-23/h7-17,25H,6,18H2,1-5H3,(H,29,33)(H,30,34)/t25-/m1/s1. The van der Waals surface area contributed by atoms with E-state index in [2.05, 4.69) is 10.6 Å². The zero-order chi connectivity index (χ0) is 25.6. The fraction of sp³-hybridized carbons (Fsp3) is 0.321. The number of thiophene rings is 1. The van der Waals surface area contributed by atoms with Gasteiger partial charge in [0.15, 0.2) is 0 Å². The van der Waals surface area contributed by atoms with E-state index in [1.165, 1.54) is 16.2 Å². The zero-order valence-electron chi connectivity index (χ0n) is 20.9. The molecule has 3 rings (SSSR count). The van der Waals surface area contributed by atoms with E-state index in [9.17, 15) is 14.4 Å². The molecule has 6 nitrogen and oxygen atoms in total. The largest absolute Gasteiger partial charge is 0.349 e. The molecule has 0 aliphatic rings. The summed E-state index contributed by atoms with van der Waals surface area (Å²) in [6.07, 6.45) is 0.731. The minimum absolute atomic E-state index is 0.239. The first-order valence-electron chi connectivity index (χ1n) is 11.7. The van der Waals surface area contributed by atoms with Crippen LogP contribution in [-0.2, 0) is 9.59 Å². The average molecular weight is 492 g/mol. The van der Waals surface area contributed by atoms with E-state index in [0.29, 0.717) is 16.1 Å². The van der Waals surface area contributed by atoms with Crippen LogP contribution in [0.5, 0.6) is 0 Å². The van der Waals surface area contributed by atoms with Gasteiger partial charge in [-0.15, -0.1) is 11.3 Å². The molecule has 2 aromatic carbocycles. The molecule has 1 heterocycles. The van der Waals surface area contributed by atoms with Crippen molar-refractivity contribution in [1.29, 1.82) is 0 Å². The number of aryl methyl sites for hydroxylation is 2. The number of nitrogens with zero attached hydrogens (tertiary/aromatic N) is 1. The first kappa shape index (κ1) is 26.2. The molecule has 7 heteroatoms. The molecule has 35 heavy (non-hydrogen) atoms. The molecule has 0 saturated heterocycles. The van der Waals surface area contributed by atoms with Crippen molar-refractivity contribution in [3.8, 4) is 0 Å². The lowest BCUT2D eigenvalue weighted by Crippen LogP contribution is -2.52. The minimum Gasteiger partial charge on any atom is -0.349 e. The topological polar surface area (TPSA) is 78.5 Å². The number of amides is 3. The monoisotopic (exact) mass is 491 g/mol. The molecule has 184 valence electrons. The lowest BCUT2D eigenvalue weighted by Gasteiger charge is -2.34. The molecule has 3 amide bonds. The van der Waals surface area contributed by atoms with Crippen LogP contribution in [0.3, 0.4) is 0 Å². The molecule has 0 unspecified atom stereocenters. The molecule has 0 fully saturated rings. The van der Waals surface area contributed by atoms with Crippen LogP contribution < -0.4 is 15.5 Å². The Morgan fingerprint density at radius 3 is 2.09 bits per heavy atom. The molecule has 0 aliphatic carbocycles. The van der Waals surface area contributed by atoms with Crippen LogP contribution in [0.15, 0.2) is 66.0 Å². The van der Waals surface area contributed by atoms with Gasteiger partial charge in [-0.25, -0.2) is 0 Å². The lowest BCUT2D eigenvalue weighted by atomic mass is 9.97. The highest BCUT2D eigenvalue weighted by Gasteiger charge is 2.35. The maximum atomic E-state index is 13.7. The number of rotatable bonds is 9. The number of nitrogens with one attached hydrogen (secondary N) is 2. The van der Waals surface area contributed by atoms with Crippen molar-refractivity contribution >= 4 is 34.7 Å². The van der Waals surface area contributed by atoms with Crippen molar-refractivity contribution < 1.29 is 14.4 Å². The second-order valence-corrected chi connectivity index (χ2v) is 10.2. The average Bonchev–Trinajstić information content (AvgIpc) is 3.37. The maximum Gasteiger partial charge on any atom is 0.261 e. The second-order valence-electron chi connectivity index (χ2n) is 9.30. The van der Waals surface area contributed by atoms with Gasteiger partial charge in [0.1, 0.15) is 6.04 Å². The number of hydrogen-bond donors (Lipinski definition) is 2. The van der Waals surface area contributed by atoms with Gasteiger partial charge in [-0.3, -0.25) is 19.3 Å². The first-order valence-corrected chi connectivity index (χ1v) is 12.6. The van der Waals surface area contributed by atoms with Crippen LogP contribution >= 0.6 is 11.3 Å². The lowest BCUT2D eigenvalue weighted by molar-refractivity contribution is -0.127. The van der Waals surface area contributed by atoms with Gasteiger partial charge in [-0.2, -0.15) is 0 Å². The molecule has 2 N–H and O–H groups in total. The molecule has 0 saturated carbocycles. The van der Waals surface area contributed by atoms with Crippen molar-refractivity contribution in [2.45, 2.75) is 52.6 Å². The predicted molar refractivity (Wildman–Crippen MR) is 142 cm³/mol. The van der Waals surface area contributed by atoms with Gasteiger partial charge in [-0.1, -0.05) is 60.5 Å². The summed E-state index contributed by atoms with van der Waals surface area (Å²) in [5, 5.41) is 7.62. The van der Waals surface area contributed by atoms with E-state index in [0.717, 1.165) is 17.5 Å². The van der Waals surface area contributed by atoms with Crippen molar-refractivity contribution in [2.24, 2.45) is 0 Å². The Kier molecular flexibility index (Phi) is 8.46. The SMILES string of the molecule is CCC(C)(C)NC(=O)[C@@H](c1ccc(C)cc1)N(C(=O)CNC(=O)c1cccs1)c1ccc(C)cc1. The summed E-state index contributed by atoms with van der Waals surface area (Å²) in [5.74, 6) is -0.978. The zero-order valence-corrected chi connectivity index (χ0v) is 21.7. The third kappa shape index (κ3) is 6.79. The number of anilines is 1. The number of benzene rings is 2. The van der Waals surface area contributed by atoms with E-state index < -0.39 is 11.6 Å². The molecule has 0 spiro atoms. The third-order valence-electron chi connectivity index (χ3n) is 5.97. The van der Waals surface area contributed by atoms with Gasteiger partial charge in [0.2, 0.25) is 11.8 Å². The van der Waals surface area contributed by atoms with Gasteiger partial charge in [0, 0.05) is 11.2 Å². The molecule has 0 radical (unpaired) electrons. The van der Waals surface area contributed by atoms with Crippen molar-refractivity contribution in [3.05, 3.63) is 87.6 Å². The Bertz CT molecular complexity index is 1150. The third-order valence-corrected chi connectivity index (χ3v) is 6.84. The quantitative estimate of drug-likeness (QED) is 0.433. The Morgan fingerprint density at radius 2 is 1.54 bits per heavy atom. The van der Waals surface area contributed by atoms with E-state index >= 15 is 0 Å². The van der Waals surface area contributed by atoms with Crippen LogP contribution in [0, 0.1) is 13.8 Å². The highest BCUT2D eigenvalue weighted by Crippen LogP contribution is 2.29. The fourth-order valence-corrected chi connectivity index (χ4v) is 4.18. The normalized spacial score (nSPS) is 12.0. The summed E-state index contributed by atoms with van der Waals surface area (Å²) in [6, 6.07) is 17.6. The summed E-state index contributed by atoms with van der Waals surface area (Å²) in [6.45, 7) is 9.61. The minimum atomic E-state index is -0.907. The van der Waals surface area contributed by atoms with Gasteiger partial charge in [0.05, 0.1) is 11.4 Å². The fourth-order valence-electron chi connectivity index (χ4n) is 3.54. The summed E-state index contributed by atoms with van der Waals surface area (Å²) in [4.78, 5) is 41.9. The van der Waals surface area contributed by atoms with Crippen molar-refractivity contribution in [1.82, 2.24) is 10.6 Å². The van der Waals surface area contributed by atoms with Gasteiger partial charge in [-0.05, 0) is 63.3 Å². The van der Waals surface area contributed by atoms with Gasteiger partial charge < -0.3 is 10.6 Å². The summed E-state index contributed by atoms with van der Waals surface area (Å²) >= 11 is 1.31. The van der Waals surface area contributed by atoms with E-state index in [4.69, 9.17) is 0 Å². The van der Waals surface area contributed by atoms with E-state index in [1.54, 1.807) is 12.1 Å². The molecular formula is C28H33N3O3S. The van der Waals surface area contributed by atoms with E-state index in [1.807, 2.05) is 88.5 Å². The van der Waals surface area contributed by atoms with Crippen LogP contribution in [0.25, 0.3) is 0 Å². The molecule has 3 aromatic rings. The summed E-state index contributed by atoms with van der Waals surface area (Å²) < 4.78 is 0. The van der Waals surface area contributed by atoms with Gasteiger partial charge in [0.25, 0.3) is 5.91 Å². The number of carbonyl (C=O) groups is 3. The second kappa shape index (κ2) is 11.3. The Labute approximate surface area is 211 Å². The molecular weight excluding hydrogens is 458 g/mol. The highest BCUT2D eigenvalue weighted by atomic mass is 32.1. The van der Waals surface area contributed by atoms with Gasteiger partial charge >= 0.3 is 0 Å². The predicted octanol–water partition coefficient (Wildman–Crippen LogP) is 5.17. The Hall–Kier alpha value is -3.45. The van der Waals surface area contributed by atoms with Crippen molar-refractivity contribution in [3.63, 3.8) is 0 Å². The maximum absolute atomic E-state index is 13.7. The number of hydrogen-bond acceptors (Lipinski definition) is 4. The summed E-state index contributed by atoms with van der Waals surface area (Å²) in [7, 11) is 0. The first-order chi connectivity index (χ1) is 16.6. The highest BCUT2D eigenvalue weighted by molar-refractivity contribution is 7.12. The van der Waals surface area contributed by atoms with Crippen LogP contribution in [0.4, 0.5) is 5.69 Å². The molecule has 0 aliphatic heterocycles. The summed E-state index contributed by atoms with van der Waals surface area (Å²) in [5.41, 5.74) is 2.92. The smallest absolute Gasteiger partial charge is 0.261 e. The molecule has 0 bridgehead atoms. The Morgan fingerprint density at radius 1 is 0.943 bits per heavy atom. The van der Waals surface area contributed by atoms with E-state index in [-0.39, 0.29) is 24.3 Å². The molecule has 1 atom stereocenters. The molecule has 1 aromatic heterocycles. The van der Waals surface area contributed by atoms with Crippen LogP contribution in [0.2, 0.25) is 0 Å². The number of carbonyl (C=O) groups excluding carboxylic acids is 3. The Balaban J connectivity index is 2.01. The van der Waals surface area contributed by atoms with Crippen LogP contribution in [0.1, 0.15) is 59.6 Å². The van der Waals surface area contributed by atoms with Crippen LogP contribution in [-0.4, -0.2) is 29.8 Å².